The van der Waals surface area contributed by atoms with Gasteiger partial charge in [-0.1, -0.05) is 35.3 Å². The Balaban J connectivity index is 1.50. The first-order valence-electron chi connectivity index (χ1n) is 10.1. The minimum Gasteiger partial charge on any atom is -0.339 e. The second-order valence-electron chi connectivity index (χ2n) is 7.81. The molecule has 2 aromatic carbocycles. The Morgan fingerprint density at radius 1 is 1.03 bits per heavy atom. The van der Waals surface area contributed by atoms with Crippen LogP contribution in [-0.2, 0) is 11.2 Å². The van der Waals surface area contributed by atoms with Crippen molar-refractivity contribution in [3.8, 4) is 17.2 Å². The summed E-state index contributed by atoms with van der Waals surface area (Å²) in [6, 6.07) is 13.6. The van der Waals surface area contributed by atoms with E-state index in [1.54, 1.807) is 12.1 Å². The van der Waals surface area contributed by atoms with E-state index in [-0.39, 0.29) is 11.8 Å². The molecule has 29 heavy (non-hydrogen) atoms. The van der Waals surface area contributed by atoms with Crippen LogP contribution in [0, 0.1) is 17.2 Å². The topological polar surface area (TPSA) is 56.1 Å². The Hall–Kier alpha value is -2.06. The molecule has 2 aliphatic rings. The normalized spacial score (nSPS) is 20.1. The fourth-order valence-corrected chi connectivity index (χ4v) is 5.02. The molecule has 150 valence electrons. The molecule has 2 aliphatic heterocycles. The van der Waals surface area contributed by atoms with E-state index in [1.165, 1.54) is 0 Å². The van der Waals surface area contributed by atoms with Gasteiger partial charge in [-0.3, -0.25) is 4.79 Å². The second-order valence-corrected chi connectivity index (χ2v) is 8.62. The number of carbonyl (C=O) groups excluding carboxylic acids is 1. The van der Waals surface area contributed by atoms with Crippen LogP contribution in [0.3, 0.4) is 0 Å². The number of halogens is 2. The first-order chi connectivity index (χ1) is 14.1. The lowest BCUT2D eigenvalue weighted by Gasteiger charge is -2.31. The Bertz CT molecular complexity index is 923. The highest BCUT2D eigenvalue weighted by Crippen LogP contribution is 2.36. The van der Waals surface area contributed by atoms with E-state index in [1.807, 2.05) is 24.3 Å². The van der Waals surface area contributed by atoms with Crippen LogP contribution in [-0.4, -0.2) is 36.5 Å². The van der Waals surface area contributed by atoms with Gasteiger partial charge in [-0.15, -0.1) is 0 Å². The summed E-state index contributed by atoms with van der Waals surface area (Å²) in [5, 5.41) is 13.5. The number of amides is 1. The molecule has 1 amide bonds. The molecule has 0 bridgehead atoms. The zero-order chi connectivity index (χ0) is 20.4. The summed E-state index contributed by atoms with van der Waals surface area (Å²) in [6.07, 6.45) is 3.48. The van der Waals surface area contributed by atoms with E-state index in [4.69, 9.17) is 28.5 Å². The van der Waals surface area contributed by atoms with Crippen molar-refractivity contribution in [2.45, 2.75) is 31.7 Å². The van der Waals surface area contributed by atoms with Gasteiger partial charge in [0.05, 0.1) is 11.6 Å². The highest BCUT2D eigenvalue weighted by Gasteiger charge is 2.36. The standard InChI is InChI=1S/C23H23Cl2N3O/c24-21-12-18(16-3-1-15(14-26)2-4-16)13-22(25)20(21)11-17-7-10-28(23(17)29)19-5-8-27-9-6-19/h1-4,12-13,17,19,27H,5-11H2/t17-/m0/s1. The zero-order valence-electron chi connectivity index (χ0n) is 16.1. The molecule has 0 spiro atoms. The van der Waals surface area contributed by atoms with Gasteiger partial charge in [0.1, 0.15) is 0 Å². The third-order valence-corrected chi connectivity index (χ3v) is 6.71. The molecule has 4 rings (SSSR count). The molecule has 2 saturated heterocycles. The van der Waals surface area contributed by atoms with E-state index in [9.17, 15) is 4.79 Å². The number of hydrogen-bond acceptors (Lipinski definition) is 3. The number of piperidine rings is 1. The van der Waals surface area contributed by atoms with Crippen molar-refractivity contribution in [3.05, 3.63) is 57.6 Å². The van der Waals surface area contributed by atoms with Crippen LogP contribution in [0.25, 0.3) is 11.1 Å². The number of rotatable bonds is 4. The van der Waals surface area contributed by atoms with Crippen molar-refractivity contribution in [2.75, 3.05) is 19.6 Å². The van der Waals surface area contributed by atoms with Gasteiger partial charge in [0.15, 0.2) is 0 Å². The Morgan fingerprint density at radius 2 is 1.69 bits per heavy atom. The molecule has 6 heteroatoms. The highest BCUT2D eigenvalue weighted by molar-refractivity contribution is 6.36. The summed E-state index contributed by atoms with van der Waals surface area (Å²) in [6.45, 7) is 2.79. The van der Waals surface area contributed by atoms with Crippen LogP contribution in [0.1, 0.15) is 30.4 Å². The molecule has 0 aromatic heterocycles. The number of nitrogens with zero attached hydrogens (tertiary/aromatic N) is 2. The molecule has 2 aromatic rings. The van der Waals surface area contributed by atoms with E-state index in [2.05, 4.69) is 16.3 Å². The number of benzene rings is 2. The van der Waals surface area contributed by atoms with Gasteiger partial charge < -0.3 is 10.2 Å². The molecule has 0 saturated carbocycles. The Morgan fingerprint density at radius 3 is 2.31 bits per heavy atom. The van der Waals surface area contributed by atoms with Crippen molar-refractivity contribution in [1.29, 1.82) is 5.26 Å². The zero-order valence-corrected chi connectivity index (χ0v) is 17.6. The molecule has 2 fully saturated rings. The maximum Gasteiger partial charge on any atom is 0.226 e. The minimum atomic E-state index is -0.0550. The third-order valence-electron chi connectivity index (χ3n) is 6.04. The van der Waals surface area contributed by atoms with Crippen LogP contribution >= 0.6 is 23.2 Å². The van der Waals surface area contributed by atoms with Crippen LogP contribution in [0.2, 0.25) is 10.0 Å². The molecule has 4 nitrogen and oxygen atoms in total. The maximum absolute atomic E-state index is 13.0. The third kappa shape index (κ3) is 4.28. The summed E-state index contributed by atoms with van der Waals surface area (Å²) in [4.78, 5) is 15.0. The molecule has 0 unspecified atom stereocenters. The highest BCUT2D eigenvalue weighted by atomic mass is 35.5. The van der Waals surface area contributed by atoms with Gasteiger partial charge in [-0.2, -0.15) is 5.26 Å². The summed E-state index contributed by atoms with van der Waals surface area (Å²) in [5.74, 6) is 0.181. The molecule has 2 heterocycles. The molecule has 1 atom stereocenters. The number of nitrogens with one attached hydrogen (secondary N) is 1. The van der Waals surface area contributed by atoms with Gasteiger partial charge in [0.25, 0.3) is 0 Å². The van der Waals surface area contributed by atoms with Crippen LogP contribution in [0.4, 0.5) is 0 Å². The molecule has 0 aliphatic carbocycles. The van der Waals surface area contributed by atoms with Crippen LogP contribution in [0.5, 0.6) is 0 Å². The molecular weight excluding hydrogens is 405 g/mol. The quantitative estimate of drug-likeness (QED) is 0.770. The van der Waals surface area contributed by atoms with E-state index in [0.717, 1.165) is 55.6 Å². The second kappa shape index (κ2) is 8.75. The first kappa shape index (κ1) is 20.2. The van der Waals surface area contributed by atoms with Gasteiger partial charge in [0.2, 0.25) is 5.91 Å². The SMILES string of the molecule is N#Cc1ccc(-c2cc(Cl)c(C[C@@H]3CCN(C4CCNCC4)C3=O)c(Cl)c2)cc1. The lowest BCUT2D eigenvalue weighted by Crippen LogP contribution is -2.44. The van der Waals surface area contributed by atoms with Gasteiger partial charge in [0, 0.05) is 28.5 Å². The van der Waals surface area contributed by atoms with Crippen molar-refractivity contribution < 1.29 is 4.79 Å². The van der Waals surface area contributed by atoms with E-state index >= 15 is 0 Å². The summed E-state index contributed by atoms with van der Waals surface area (Å²) >= 11 is 13.2. The molecule has 0 radical (unpaired) electrons. The smallest absolute Gasteiger partial charge is 0.226 e. The van der Waals surface area contributed by atoms with Gasteiger partial charge in [-0.05, 0) is 79.7 Å². The first-order valence-corrected chi connectivity index (χ1v) is 10.8. The lowest BCUT2D eigenvalue weighted by molar-refractivity contribution is -0.133. The lowest BCUT2D eigenvalue weighted by atomic mass is 9.95. The summed E-state index contributed by atoms with van der Waals surface area (Å²) in [7, 11) is 0. The summed E-state index contributed by atoms with van der Waals surface area (Å²) < 4.78 is 0. The van der Waals surface area contributed by atoms with Gasteiger partial charge >= 0.3 is 0 Å². The Labute approximate surface area is 181 Å². The van der Waals surface area contributed by atoms with Crippen molar-refractivity contribution >= 4 is 29.1 Å². The minimum absolute atomic E-state index is 0.0550. The average Bonchev–Trinajstić information content (AvgIpc) is 3.11. The number of carbonyl (C=O) groups is 1. The number of hydrogen-bond donors (Lipinski definition) is 1. The maximum atomic E-state index is 13.0. The predicted molar refractivity (Wildman–Crippen MR) is 116 cm³/mol. The fourth-order valence-electron chi connectivity index (χ4n) is 4.38. The largest absolute Gasteiger partial charge is 0.339 e. The van der Waals surface area contributed by atoms with Crippen molar-refractivity contribution in [1.82, 2.24) is 10.2 Å². The van der Waals surface area contributed by atoms with E-state index < -0.39 is 0 Å². The van der Waals surface area contributed by atoms with Crippen molar-refractivity contribution in [3.63, 3.8) is 0 Å². The predicted octanol–water partition coefficient (Wildman–Crippen LogP) is 4.68. The monoisotopic (exact) mass is 427 g/mol. The molecular formula is C23H23Cl2N3O. The van der Waals surface area contributed by atoms with E-state index in [0.29, 0.717) is 28.1 Å². The van der Waals surface area contributed by atoms with Crippen LogP contribution < -0.4 is 5.32 Å². The number of nitriles is 1. The van der Waals surface area contributed by atoms with Crippen LogP contribution in [0.15, 0.2) is 36.4 Å². The average molecular weight is 428 g/mol. The fraction of sp³-hybridized carbons (Fsp3) is 0.391. The number of likely N-dealkylation sites (tertiary alicyclic amines) is 1. The van der Waals surface area contributed by atoms with Crippen molar-refractivity contribution in [2.24, 2.45) is 5.92 Å². The van der Waals surface area contributed by atoms with Gasteiger partial charge in [-0.25, -0.2) is 0 Å². The molecule has 1 N–H and O–H groups in total. The summed E-state index contributed by atoms with van der Waals surface area (Å²) in [5.41, 5.74) is 3.31. The Kier molecular flexibility index (Phi) is 6.10.